The van der Waals surface area contributed by atoms with Gasteiger partial charge in [0.15, 0.2) is 5.17 Å². The van der Waals surface area contributed by atoms with Crippen LogP contribution in [0.5, 0.6) is 0 Å². The van der Waals surface area contributed by atoms with Crippen LogP contribution in [0.1, 0.15) is 66.7 Å². The van der Waals surface area contributed by atoms with E-state index in [-0.39, 0.29) is 10.2 Å². The van der Waals surface area contributed by atoms with Crippen molar-refractivity contribution in [2.45, 2.75) is 71.5 Å². The van der Waals surface area contributed by atoms with E-state index < -0.39 is 0 Å². The van der Waals surface area contributed by atoms with Gasteiger partial charge < -0.3 is 5.32 Å². The van der Waals surface area contributed by atoms with Crippen LogP contribution in [0.3, 0.4) is 0 Å². The molecule has 1 fully saturated rings. The molecule has 0 unspecified atom stereocenters. The summed E-state index contributed by atoms with van der Waals surface area (Å²) >= 11 is 2.01. The monoisotopic (exact) mass is 392 g/mol. The van der Waals surface area contributed by atoms with Crippen LogP contribution in [0.2, 0.25) is 0 Å². The second-order valence-corrected chi connectivity index (χ2v) is 12.7. The van der Waals surface area contributed by atoms with Gasteiger partial charge in [-0.1, -0.05) is 70.7 Å². The summed E-state index contributed by atoms with van der Waals surface area (Å²) in [6.07, 6.45) is 8.69. The van der Waals surface area contributed by atoms with E-state index in [1.54, 1.807) is 11.1 Å². The van der Waals surface area contributed by atoms with Crippen molar-refractivity contribution < 1.29 is 0 Å². The van der Waals surface area contributed by atoms with Crippen molar-refractivity contribution >= 4 is 22.6 Å². The summed E-state index contributed by atoms with van der Waals surface area (Å²) in [5.74, 6) is 0. The minimum absolute atomic E-state index is 0.172. The number of nitrogens with zero attached hydrogens (tertiary/aromatic N) is 1. The Morgan fingerprint density at radius 2 is 1.64 bits per heavy atom. The van der Waals surface area contributed by atoms with E-state index in [4.69, 9.17) is 4.99 Å². The third-order valence-corrected chi connectivity index (χ3v) is 8.06. The largest absolute Gasteiger partial charge is 0.335 e. The third kappa shape index (κ3) is 3.07. The van der Waals surface area contributed by atoms with E-state index in [1.165, 1.54) is 31.4 Å². The Bertz CT molecular complexity index is 921. The first-order valence-corrected chi connectivity index (χ1v) is 11.4. The summed E-state index contributed by atoms with van der Waals surface area (Å²) in [6, 6.07) is 10.5. The van der Waals surface area contributed by atoms with Crippen molar-refractivity contribution in [1.29, 1.82) is 0 Å². The summed E-state index contributed by atoms with van der Waals surface area (Å²) in [5, 5.41) is 4.73. The molecular formula is C25H32N2S. The zero-order valence-corrected chi connectivity index (χ0v) is 18.7. The number of benzene rings is 1. The molecule has 1 saturated carbocycles. The molecule has 0 saturated heterocycles. The van der Waals surface area contributed by atoms with E-state index in [0.717, 1.165) is 17.3 Å². The van der Waals surface area contributed by atoms with Gasteiger partial charge in [0.1, 0.15) is 0 Å². The van der Waals surface area contributed by atoms with Crippen molar-refractivity contribution in [1.82, 2.24) is 0 Å². The van der Waals surface area contributed by atoms with Crippen molar-refractivity contribution in [3.05, 3.63) is 53.3 Å². The van der Waals surface area contributed by atoms with Crippen LogP contribution in [0, 0.1) is 16.2 Å². The molecule has 2 nitrogen and oxygen atoms in total. The molecule has 0 aromatic heterocycles. The van der Waals surface area contributed by atoms with E-state index in [0.29, 0.717) is 10.8 Å². The number of amidine groups is 1. The molecule has 1 N–H and O–H groups in total. The number of para-hydroxylation sites is 1. The van der Waals surface area contributed by atoms with Crippen LogP contribution < -0.4 is 5.32 Å². The van der Waals surface area contributed by atoms with Gasteiger partial charge in [0.2, 0.25) is 0 Å². The molecule has 1 heterocycles. The van der Waals surface area contributed by atoms with Crippen molar-refractivity contribution in [2.24, 2.45) is 21.2 Å². The quantitative estimate of drug-likeness (QED) is 0.548. The van der Waals surface area contributed by atoms with Gasteiger partial charge in [-0.25, -0.2) is 4.99 Å². The number of allylic oxidation sites excluding steroid dienone is 3. The van der Waals surface area contributed by atoms with Gasteiger partial charge in [-0.2, -0.15) is 0 Å². The maximum atomic E-state index is 5.20. The van der Waals surface area contributed by atoms with Crippen molar-refractivity contribution in [2.75, 3.05) is 5.32 Å². The van der Waals surface area contributed by atoms with Gasteiger partial charge in [-0.05, 0) is 71.6 Å². The fourth-order valence-corrected chi connectivity index (χ4v) is 8.64. The molecular weight excluding hydrogens is 360 g/mol. The zero-order valence-electron chi connectivity index (χ0n) is 17.9. The van der Waals surface area contributed by atoms with E-state index >= 15 is 0 Å². The number of fused-ring (bicyclic) bond motifs is 1. The van der Waals surface area contributed by atoms with E-state index in [1.807, 2.05) is 11.8 Å². The summed E-state index contributed by atoms with van der Waals surface area (Å²) in [5.41, 5.74) is 6.61. The van der Waals surface area contributed by atoms with Crippen molar-refractivity contribution in [3.8, 4) is 0 Å². The van der Waals surface area contributed by atoms with Gasteiger partial charge in [-0.3, -0.25) is 0 Å². The molecule has 4 aliphatic rings. The van der Waals surface area contributed by atoms with E-state index in [9.17, 15) is 0 Å². The summed E-state index contributed by atoms with van der Waals surface area (Å²) < 4.78 is 0.172. The fraction of sp³-hybridized carbons (Fsp3) is 0.560. The maximum absolute atomic E-state index is 5.20. The summed E-state index contributed by atoms with van der Waals surface area (Å²) in [7, 11) is 0. The molecule has 1 aliphatic heterocycles. The standard InChI is InChI=1S/C25H32N2S/c1-22(2)11-17-12-24(5)14-23(3,4)15-25(16-24)20(17)19(13-22)27-21(28-25)26-18-9-7-6-8-10-18/h6-10,12H,11,13-16H2,1-5H3,(H,26,27)/t24-,25+/m0/s1. The second-order valence-electron chi connectivity index (χ2n) is 11.4. The third-order valence-electron chi connectivity index (χ3n) is 6.79. The smallest absolute Gasteiger partial charge is 0.166 e. The van der Waals surface area contributed by atoms with Crippen LogP contribution in [-0.4, -0.2) is 9.91 Å². The Morgan fingerprint density at radius 3 is 2.39 bits per heavy atom. The molecule has 1 aromatic carbocycles. The van der Waals surface area contributed by atoms with Gasteiger partial charge in [-0.15, -0.1) is 0 Å². The normalized spacial score (nSPS) is 34.9. The Balaban J connectivity index is 1.65. The highest BCUT2D eigenvalue weighted by molar-refractivity contribution is 8.15. The number of hydrogen-bond acceptors (Lipinski definition) is 3. The first-order valence-electron chi connectivity index (χ1n) is 10.6. The fourth-order valence-electron chi connectivity index (χ4n) is 6.73. The molecule has 3 heteroatoms. The van der Waals surface area contributed by atoms with Crippen LogP contribution in [0.25, 0.3) is 0 Å². The minimum Gasteiger partial charge on any atom is -0.335 e. The molecule has 1 aromatic rings. The molecule has 0 radical (unpaired) electrons. The van der Waals surface area contributed by atoms with Gasteiger partial charge in [0, 0.05) is 11.4 Å². The zero-order chi connectivity index (χ0) is 19.8. The molecule has 2 bridgehead atoms. The number of nitrogens with one attached hydrogen (secondary N) is 1. The lowest BCUT2D eigenvalue weighted by molar-refractivity contribution is 0.107. The van der Waals surface area contributed by atoms with Crippen LogP contribution >= 0.6 is 11.8 Å². The summed E-state index contributed by atoms with van der Waals surface area (Å²) in [6.45, 7) is 12.2. The molecule has 0 amide bonds. The molecule has 2 atom stereocenters. The topological polar surface area (TPSA) is 24.4 Å². The first kappa shape index (κ1) is 18.5. The minimum atomic E-state index is 0.172. The molecule has 3 aliphatic carbocycles. The van der Waals surface area contributed by atoms with Crippen LogP contribution in [0.4, 0.5) is 5.69 Å². The average molecular weight is 393 g/mol. The molecule has 5 rings (SSSR count). The molecule has 28 heavy (non-hydrogen) atoms. The maximum Gasteiger partial charge on any atom is 0.166 e. The van der Waals surface area contributed by atoms with Crippen LogP contribution in [0.15, 0.2) is 58.2 Å². The predicted octanol–water partition coefficient (Wildman–Crippen LogP) is 7.17. The SMILES string of the molecule is CC1(C)CC2=C[C@@]3(C)CC(C)(C)C[C@]4(C3)SC(Nc3ccccc3)=NC(=C24)C1. The Labute approximate surface area is 174 Å². The number of hydrogen-bond donors (Lipinski definition) is 1. The van der Waals surface area contributed by atoms with Gasteiger partial charge >= 0.3 is 0 Å². The first-order chi connectivity index (χ1) is 13.1. The number of aliphatic imine (C=N–C) groups is 1. The number of rotatable bonds is 1. The number of anilines is 1. The molecule has 1 spiro atoms. The lowest BCUT2D eigenvalue weighted by atomic mass is 9.52. The van der Waals surface area contributed by atoms with Gasteiger partial charge in [0.25, 0.3) is 0 Å². The highest BCUT2D eigenvalue weighted by Crippen LogP contribution is 2.67. The van der Waals surface area contributed by atoms with E-state index in [2.05, 4.69) is 76.3 Å². The average Bonchev–Trinajstić information content (AvgIpc) is 2.50. The second kappa shape index (κ2) is 5.78. The Kier molecular flexibility index (Phi) is 3.83. The Morgan fingerprint density at radius 1 is 0.893 bits per heavy atom. The summed E-state index contributed by atoms with van der Waals surface area (Å²) in [4.78, 5) is 5.20. The molecule has 148 valence electrons. The number of thioether (sulfide) groups is 1. The van der Waals surface area contributed by atoms with Crippen molar-refractivity contribution in [3.63, 3.8) is 0 Å². The van der Waals surface area contributed by atoms with Crippen LogP contribution in [-0.2, 0) is 0 Å². The highest BCUT2D eigenvalue weighted by atomic mass is 32.2. The lowest BCUT2D eigenvalue weighted by Gasteiger charge is -2.59. The highest BCUT2D eigenvalue weighted by Gasteiger charge is 2.57. The van der Waals surface area contributed by atoms with Gasteiger partial charge in [0.05, 0.1) is 4.75 Å². The predicted molar refractivity (Wildman–Crippen MR) is 122 cm³/mol. The Hall–Kier alpha value is -1.48. The lowest BCUT2D eigenvalue weighted by Crippen LogP contribution is -2.52.